The van der Waals surface area contributed by atoms with E-state index in [0.29, 0.717) is 11.4 Å². The lowest BCUT2D eigenvalue weighted by Crippen LogP contribution is -2.27. The summed E-state index contributed by atoms with van der Waals surface area (Å²) in [6, 6.07) is 0.630. The molecule has 74 valence electrons. The number of rotatable bonds is 0. The second-order valence-corrected chi connectivity index (χ2v) is 5.92. The number of halogens is 1. The van der Waals surface area contributed by atoms with Crippen molar-refractivity contribution >= 4 is 34.4 Å². The number of alkyl halides is 1. The normalized spacial score (nSPS) is 30.2. The number of hydrogen-bond acceptors (Lipinski definition) is 2. The Morgan fingerprint density at radius 3 is 3.00 bits per heavy atom. The fourth-order valence-electron chi connectivity index (χ4n) is 1.40. The molecule has 1 aliphatic carbocycles. The van der Waals surface area contributed by atoms with E-state index in [1.165, 1.54) is 15.8 Å². The van der Waals surface area contributed by atoms with E-state index in [0.717, 1.165) is 0 Å². The highest BCUT2D eigenvalue weighted by atomic mass is 127. The second kappa shape index (κ2) is 6.09. The molecule has 0 aromatic rings. The van der Waals surface area contributed by atoms with Crippen molar-refractivity contribution < 1.29 is 0 Å². The van der Waals surface area contributed by atoms with E-state index in [4.69, 9.17) is 0 Å². The largest absolute Gasteiger partial charge is 0.298 e. The van der Waals surface area contributed by atoms with Crippen LogP contribution < -0.4 is 5.32 Å². The van der Waals surface area contributed by atoms with Crippen molar-refractivity contribution in [3.8, 4) is 0 Å². The van der Waals surface area contributed by atoms with Crippen LogP contribution in [0.15, 0.2) is 23.1 Å². The topological polar surface area (TPSA) is 12.0 Å². The fraction of sp³-hybridized carbons (Fsp3) is 0.600. The highest BCUT2D eigenvalue weighted by Crippen LogP contribution is 2.34. The summed E-state index contributed by atoms with van der Waals surface area (Å²) in [5.41, 5.74) is 0. The zero-order valence-corrected chi connectivity index (χ0v) is 11.1. The van der Waals surface area contributed by atoms with E-state index in [1.54, 1.807) is 0 Å². The molecule has 1 saturated heterocycles. The van der Waals surface area contributed by atoms with Gasteiger partial charge < -0.3 is 0 Å². The summed E-state index contributed by atoms with van der Waals surface area (Å²) in [4.78, 5) is 1.51. The molecule has 1 nitrogen and oxygen atoms in total. The maximum atomic E-state index is 3.50. The van der Waals surface area contributed by atoms with Gasteiger partial charge in [-0.25, -0.2) is 0 Å². The molecule has 0 aromatic carbocycles. The molecule has 1 fully saturated rings. The van der Waals surface area contributed by atoms with Crippen molar-refractivity contribution in [2.24, 2.45) is 0 Å². The summed E-state index contributed by atoms with van der Waals surface area (Å²) in [6.45, 7) is 4.32. The molecular formula is C10H16INS. The third kappa shape index (κ3) is 3.64. The van der Waals surface area contributed by atoms with Gasteiger partial charge in [-0.1, -0.05) is 47.7 Å². The van der Waals surface area contributed by atoms with Crippen LogP contribution in [0.1, 0.15) is 20.3 Å². The smallest absolute Gasteiger partial charge is 0.0553 e. The summed E-state index contributed by atoms with van der Waals surface area (Å²) in [7, 11) is 0. The minimum absolute atomic E-state index is 0.608. The summed E-state index contributed by atoms with van der Waals surface area (Å²) >= 11 is 4.24. The van der Waals surface area contributed by atoms with Crippen LogP contribution in [0, 0.1) is 0 Å². The third-order valence-electron chi connectivity index (χ3n) is 1.86. The van der Waals surface area contributed by atoms with Crippen LogP contribution in [-0.2, 0) is 0 Å². The number of allylic oxidation sites excluding steroid dienone is 2. The van der Waals surface area contributed by atoms with Gasteiger partial charge in [0.1, 0.15) is 0 Å². The maximum absolute atomic E-state index is 3.50. The van der Waals surface area contributed by atoms with E-state index >= 15 is 0 Å². The number of thioether (sulfide) groups is 1. The van der Waals surface area contributed by atoms with Crippen LogP contribution in [-0.4, -0.2) is 15.8 Å². The first kappa shape index (κ1) is 11.6. The van der Waals surface area contributed by atoms with E-state index in [-0.39, 0.29) is 0 Å². The van der Waals surface area contributed by atoms with Crippen LogP contribution in [0.5, 0.6) is 0 Å². The summed E-state index contributed by atoms with van der Waals surface area (Å²) in [6.07, 6.45) is 7.76. The minimum atomic E-state index is 0.608. The first-order chi connectivity index (χ1) is 6.27. The van der Waals surface area contributed by atoms with E-state index in [2.05, 4.69) is 60.0 Å². The van der Waals surface area contributed by atoms with Gasteiger partial charge in [0, 0.05) is 10.9 Å². The molecule has 0 saturated carbocycles. The zero-order valence-electron chi connectivity index (χ0n) is 8.09. The van der Waals surface area contributed by atoms with E-state index < -0.39 is 0 Å². The SMILES string of the molecule is CC1NC2CC=CC=C2S1.CCI. The Hall–Kier alpha value is 0.520. The molecule has 0 amide bonds. The summed E-state index contributed by atoms with van der Waals surface area (Å²) in [5, 5.41) is 4.11. The van der Waals surface area contributed by atoms with Gasteiger partial charge in [0.15, 0.2) is 0 Å². The molecule has 0 radical (unpaired) electrons. The minimum Gasteiger partial charge on any atom is -0.298 e. The molecule has 0 spiro atoms. The van der Waals surface area contributed by atoms with Crippen molar-refractivity contribution in [1.29, 1.82) is 0 Å². The number of nitrogens with one attached hydrogen (secondary N) is 1. The quantitative estimate of drug-likeness (QED) is 0.544. The van der Waals surface area contributed by atoms with Crippen LogP contribution in [0.25, 0.3) is 0 Å². The molecule has 1 aliphatic heterocycles. The van der Waals surface area contributed by atoms with Gasteiger partial charge in [-0.05, 0) is 17.8 Å². The predicted octanol–water partition coefficient (Wildman–Crippen LogP) is 3.32. The molecule has 1 heterocycles. The van der Waals surface area contributed by atoms with Gasteiger partial charge in [0.25, 0.3) is 0 Å². The average molecular weight is 309 g/mol. The van der Waals surface area contributed by atoms with Gasteiger partial charge in [-0.15, -0.1) is 11.8 Å². The Bertz CT molecular complexity index is 213. The third-order valence-corrected chi connectivity index (χ3v) is 3.04. The van der Waals surface area contributed by atoms with Gasteiger partial charge in [0.2, 0.25) is 0 Å². The standard InChI is InChI=1S/C8H11NS.C2H5I/c1-6-9-7-4-2-3-5-8(7)10-6;1-2-3/h2-3,5-7,9H,4H2,1H3;2H2,1H3. The van der Waals surface area contributed by atoms with Crippen LogP contribution >= 0.6 is 34.4 Å². The molecule has 2 aliphatic rings. The van der Waals surface area contributed by atoms with Crippen molar-refractivity contribution in [2.75, 3.05) is 4.43 Å². The van der Waals surface area contributed by atoms with E-state index in [9.17, 15) is 0 Å². The molecule has 2 atom stereocenters. The molecule has 0 bridgehead atoms. The fourth-order valence-corrected chi connectivity index (χ4v) is 2.53. The molecule has 13 heavy (non-hydrogen) atoms. The van der Waals surface area contributed by atoms with Crippen LogP contribution in [0.4, 0.5) is 0 Å². The number of fused-ring (bicyclic) bond motifs is 1. The lowest BCUT2D eigenvalue weighted by Gasteiger charge is -2.10. The molecule has 2 rings (SSSR count). The second-order valence-electron chi connectivity index (χ2n) is 2.98. The van der Waals surface area contributed by atoms with Crippen LogP contribution in [0.2, 0.25) is 0 Å². The Morgan fingerprint density at radius 2 is 2.38 bits per heavy atom. The van der Waals surface area contributed by atoms with E-state index in [1.807, 2.05) is 11.8 Å². The zero-order chi connectivity index (χ0) is 9.68. The average Bonchev–Trinajstić information content (AvgIpc) is 2.45. The Balaban J connectivity index is 0.000000251. The monoisotopic (exact) mass is 309 g/mol. The lowest BCUT2D eigenvalue weighted by molar-refractivity contribution is 0.610. The molecule has 1 N–H and O–H groups in total. The molecular weight excluding hydrogens is 293 g/mol. The Kier molecular flexibility index (Phi) is 5.43. The van der Waals surface area contributed by atoms with Crippen molar-refractivity contribution in [3.05, 3.63) is 23.1 Å². The number of hydrogen-bond donors (Lipinski definition) is 1. The van der Waals surface area contributed by atoms with Gasteiger partial charge in [-0.2, -0.15) is 0 Å². The van der Waals surface area contributed by atoms with Crippen molar-refractivity contribution in [3.63, 3.8) is 0 Å². The summed E-state index contributed by atoms with van der Waals surface area (Å²) < 4.78 is 1.22. The van der Waals surface area contributed by atoms with Gasteiger partial charge in [0.05, 0.1) is 5.37 Å². The predicted molar refractivity (Wildman–Crippen MR) is 70.4 cm³/mol. The molecule has 3 heteroatoms. The maximum Gasteiger partial charge on any atom is 0.0553 e. The highest BCUT2D eigenvalue weighted by Gasteiger charge is 2.25. The molecule has 0 aromatic heterocycles. The molecule has 2 unspecified atom stereocenters. The highest BCUT2D eigenvalue weighted by molar-refractivity contribution is 14.1. The van der Waals surface area contributed by atoms with Crippen LogP contribution in [0.3, 0.4) is 0 Å². The Labute approximate surface area is 98.6 Å². The first-order valence-corrected chi connectivity index (χ1v) is 7.03. The summed E-state index contributed by atoms with van der Waals surface area (Å²) in [5.74, 6) is 0. The lowest BCUT2D eigenvalue weighted by atomic mass is 10.1. The van der Waals surface area contributed by atoms with Crippen molar-refractivity contribution in [1.82, 2.24) is 5.32 Å². The van der Waals surface area contributed by atoms with Gasteiger partial charge in [-0.3, -0.25) is 5.32 Å². The van der Waals surface area contributed by atoms with Crippen molar-refractivity contribution in [2.45, 2.75) is 31.7 Å². The van der Waals surface area contributed by atoms with Gasteiger partial charge >= 0.3 is 0 Å². The Morgan fingerprint density at radius 1 is 1.69 bits per heavy atom. The first-order valence-electron chi connectivity index (χ1n) is 4.63.